The first-order valence-electron chi connectivity index (χ1n) is 7.19. The molecule has 0 aromatic heterocycles. The van der Waals surface area contributed by atoms with Crippen LogP contribution in [0, 0.1) is 0 Å². The summed E-state index contributed by atoms with van der Waals surface area (Å²) in [6.45, 7) is 6.11. The van der Waals surface area contributed by atoms with Gasteiger partial charge in [-0.3, -0.25) is 0 Å². The van der Waals surface area contributed by atoms with Crippen molar-refractivity contribution in [1.82, 2.24) is 4.90 Å². The van der Waals surface area contributed by atoms with Gasteiger partial charge in [-0.05, 0) is 40.0 Å². The highest BCUT2D eigenvalue weighted by atomic mass is 19.1. The molecule has 0 saturated carbocycles. The van der Waals surface area contributed by atoms with Gasteiger partial charge >= 0.3 is 6.09 Å². The van der Waals surface area contributed by atoms with Gasteiger partial charge in [0.15, 0.2) is 6.29 Å². The summed E-state index contributed by atoms with van der Waals surface area (Å²) in [6.07, 6.45) is 2.31. The number of alkyl halides is 1. The fourth-order valence-corrected chi connectivity index (χ4v) is 1.86. The Labute approximate surface area is 120 Å². The van der Waals surface area contributed by atoms with Gasteiger partial charge in [-0.25, -0.2) is 9.18 Å². The molecule has 0 N–H and O–H groups in total. The summed E-state index contributed by atoms with van der Waals surface area (Å²) in [5.41, 5.74) is -0.584. The smallest absolute Gasteiger partial charge is 0.410 e. The summed E-state index contributed by atoms with van der Waals surface area (Å²) in [5.74, 6) is 0. The first-order valence-corrected chi connectivity index (χ1v) is 7.19. The number of carbonyl (C=O) groups excluding carboxylic acids is 1. The molecule has 6 heteroatoms. The Hall–Kier alpha value is -0.880. The Morgan fingerprint density at radius 3 is 2.65 bits per heavy atom. The van der Waals surface area contributed by atoms with Crippen molar-refractivity contribution >= 4 is 6.09 Å². The van der Waals surface area contributed by atoms with Crippen LogP contribution in [-0.2, 0) is 14.2 Å². The number of carbonyl (C=O) groups is 1. The summed E-state index contributed by atoms with van der Waals surface area (Å²) < 4.78 is 28.7. The van der Waals surface area contributed by atoms with Gasteiger partial charge in [-0.2, -0.15) is 0 Å². The SMILES string of the molecule is CC(C)(C)OC(=O)N(CCF)CCOC1CCCCO1. The van der Waals surface area contributed by atoms with Crippen molar-refractivity contribution in [3.63, 3.8) is 0 Å². The number of nitrogens with zero attached hydrogens (tertiary/aromatic N) is 1. The highest BCUT2D eigenvalue weighted by Crippen LogP contribution is 2.14. The minimum Gasteiger partial charge on any atom is -0.444 e. The summed E-state index contributed by atoms with van der Waals surface area (Å²) in [7, 11) is 0. The minimum absolute atomic E-state index is 0.0177. The van der Waals surface area contributed by atoms with E-state index in [4.69, 9.17) is 14.2 Å². The third kappa shape index (κ3) is 7.05. The van der Waals surface area contributed by atoms with Crippen molar-refractivity contribution in [3.05, 3.63) is 0 Å². The van der Waals surface area contributed by atoms with Crippen molar-refractivity contribution < 1.29 is 23.4 Å². The Morgan fingerprint density at radius 1 is 1.35 bits per heavy atom. The molecule has 0 aliphatic carbocycles. The summed E-state index contributed by atoms with van der Waals surface area (Å²) in [6, 6.07) is 0. The lowest BCUT2D eigenvalue weighted by Gasteiger charge is -2.28. The third-order valence-electron chi connectivity index (χ3n) is 2.81. The quantitative estimate of drug-likeness (QED) is 0.755. The molecule has 118 valence electrons. The molecule has 0 aromatic rings. The average Bonchev–Trinajstić information content (AvgIpc) is 2.37. The van der Waals surface area contributed by atoms with Gasteiger partial charge in [0.25, 0.3) is 0 Å². The average molecular weight is 291 g/mol. The Kier molecular flexibility index (Phi) is 7.23. The molecule has 0 bridgehead atoms. The minimum atomic E-state index is -0.598. The molecule has 1 aliphatic rings. The monoisotopic (exact) mass is 291 g/mol. The van der Waals surface area contributed by atoms with E-state index in [0.29, 0.717) is 19.8 Å². The zero-order chi connectivity index (χ0) is 15.0. The van der Waals surface area contributed by atoms with Crippen LogP contribution < -0.4 is 0 Å². The second kappa shape index (κ2) is 8.42. The fourth-order valence-electron chi connectivity index (χ4n) is 1.86. The van der Waals surface area contributed by atoms with Crippen LogP contribution in [0.1, 0.15) is 40.0 Å². The predicted molar refractivity (Wildman–Crippen MR) is 73.3 cm³/mol. The summed E-state index contributed by atoms with van der Waals surface area (Å²) in [4.78, 5) is 13.2. The van der Waals surface area contributed by atoms with Gasteiger partial charge in [0, 0.05) is 13.2 Å². The molecule has 0 spiro atoms. The molecule has 1 atom stereocenters. The normalized spacial score (nSPS) is 19.7. The topological polar surface area (TPSA) is 48.0 Å². The maximum atomic E-state index is 12.5. The zero-order valence-corrected chi connectivity index (χ0v) is 12.7. The molecule has 1 heterocycles. The molecule has 0 radical (unpaired) electrons. The van der Waals surface area contributed by atoms with E-state index in [9.17, 15) is 9.18 Å². The van der Waals surface area contributed by atoms with Crippen molar-refractivity contribution in [2.75, 3.05) is 33.0 Å². The third-order valence-corrected chi connectivity index (χ3v) is 2.81. The van der Waals surface area contributed by atoms with Crippen LogP contribution in [0.15, 0.2) is 0 Å². The Balaban J connectivity index is 2.32. The molecule has 1 saturated heterocycles. The predicted octanol–water partition coefficient (Wildman–Crippen LogP) is 2.74. The molecule has 1 unspecified atom stereocenters. The van der Waals surface area contributed by atoms with E-state index < -0.39 is 18.4 Å². The largest absolute Gasteiger partial charge is 0.444 e. The first kappa shape index (κ1) is 17.2. The highest BCUT2D eigenvalue weighted by molar-refractivity contribution is 5.68. The molecule has 1 rings (SSSR count). The van der Waals surface area contributed by atoms with Crippen LogP contribution in [0.3, 0.4) is 0 Å². The van der Waals surface area contributed by atoms with E-state index in [2.05, 4.69) is 0 Å². The fraction of sp³-hybridized carbons (Fsp3) is 0.929. The van der Waals surface area contributed by atoms with Gasteiger partial charge in [0.1, 0.15) is 12.3 Å². The Bertz CT molecular complexity index is 287. The van der Waals surface area contributed by atoms with Gasteiger partial charge in [-0.1, -0.05) is 0 Å². The highest BCUT2D eigenvalue weighted by Gasteiger charge is 2.22. The second-order valence-electron chi connectivity index (χ2n) is 5.82. The number of ether oxygens (including phenoxy) is 3. The van der Waals surface area contributed by atoms with Crippen LogP contribution in [0.4, 0.5) is 9.18 Å². The van der Waals surface area contributed by atoms with Gasteiger partial charge in [-0.15, -0.1) is 0 Å². The second-order valence-corrected chi connectivity index (χ2v) is 5.82. The van der Waals surface area contributed by atoms with Gasteiger partial charge < -0.3 is 19.1 Å². The molecular weight excluding hydrogens is 265 g/mol. The molecule has 1 amide bonds. The van der Waals surface area contributed by atoms with Crippen LogP contribution in [-0.4, -0.2) is 55.9 Å². The number of rotatable bonds is 6. The molecule has 0 aromatic carbocycles. The summed E-state index contributed by atoms with van der Waals surface area (Å²) in [5, 5.41) is 0. The van der Waals surface area contributed by atoms with Crippen molar-refractivity contribution in [2.45, 2.75) is 51.9 Å². The Morgan fingerprint density at radius 2 is 2.10 bits per heavy atom. The van der Waals surface area contributed by atoms with Crippen molar-refractivity contribution in [2.24, 2.45) is 0 Å². The molecule has 5 nitrogen and oxygen atoms in total. The van der Waals surface area contributed by atoms with Crippen LogP contribution in [0.25, 0.3) is 0 Å². The molecule has 20 heavy (non-hydrogen) atoms. The van der Waals surface area contributed by atoms with Gasteiger partial charge in [0.05, 0.1) is 13.2 Å². The first-order chi connectivity index (χ1) is 9.42. The lowest BCUT2D eigenvalue weighted by molar-refractivity contribution is -0.164. The molecule has 1 fully saturated rings. The lowest BCUT2D eigenvalue weighted by atomic mass is 10.2. The van der Waals surface area contributed by atoms with E-state index in [1.54, 1.807) is 20.8 Å². The van der Waals surface area contributed by atoms with E-state index in [1.165, 1.54) is 4.90 Å². The van der Waals surface area contributed by atoms with E-state index >= 15 is 0 Å². The van der Waals surface area contributed by atoms with Crippen LogP contribution in [0.2, 0.25) is 0 Å². The van der Waals surface area contributed by atoms with Gasteiger partial charge in [0.2, 0.25) is 0 Å². The van der Waals surface area contributed by atoms with E-state index in [-0.39, 0.29) is 12.8 Å². The van der Waals surface area contributed by atoms with Crippen molar-refractivity contribution in [1.29, 1.82) is 0 Å². The summed E-state index contributed by atoms with van der Waals surface area (Å²) >= 11 is 0. The van der Waals surface area contributed by atoms with E-state index in [1.807, 2.05) is 0 Å². The molecule has 1 aliphatic heterocycles. The number of hydrogen-bond donors (Lipinski definition) is 0. The lowest BCUT2D eigenvalue weighted by Crippen LogP contribution is -2.40. The number of halogens is 1. The van der Waals surface area contributed by atoms with Crippen LogP contribution in [0.5, 0.6) is 0 Å². The number of amides is 1. The van der Waals surface area contributed by atoms with E-state index in [0.717, 1.165) is 19.3 Å². The van der Waals surface area contributed by atoms with Crippen LogP contribution >= 0.6 is 0 Å². The number of hydrogen-bond acceptors (Lipinski definition) is 4. The van der Waals surface area contributed by atoms with Crippen molar-refractivity contribution in [3.8, 4) is 0 Å². The maximum absolute atomic E-state index is 12.5. The molecular formula is C14H26FNO4. The standard InChI is InChI=1S/C14H26FNO4/c1-14(2,3)20-13(17)16(8-7-15)9-11-19-12-6-4-5-10-18-12/h12H,4-11H2,1-3H3. The zero-order valence-electron chi connectivity index (χ0n) is 12.7. The maximum Gasteiger partial charge on any atom is 0.410 e.